The van der Waals surface area contributed by atoms with E-state index < -0.39 is 12.1 Å². The molecule has 1 aromatic rings. The second-order valence-electron chi connectivity index (χ2n) is 6.07. The Labute approximate surface area is 158 Å². The normalized spacial score (nSPS) is 16.5. The predicted octanol–water partition coefficient (Wildman–Crippen LogP) is 1.77. The van der Waals surface area contributed by atoms with E-state index in [-0.39, 0.29) is 5.91 Å². The molecule has 8 heteroatoms. The summed E-state index contributed by atoms with van der Waals surface area (Å²) in [6, 6.07) is 6.64. The topological polar surface area (TPSA) is 78.7 Å². The van der Waals surface area contributed by atoms with Gasteiger partial charge in [0.15, 0.2) is 0 Å². The summed E-state index contributed by atoms with van der Waals surface area (Å²) in [7, 11) is 0. The van der Waals surface area contributed by atoms with Gasteiger partial charge < -0.3 is 16.0 Å². The summed E-state index contributed by atoms with van der Waals surface area (Å²) in [5, 5.41) is 3.31. The Morgan fingerprint density at radius 3 is 2.44 bits per heavy atom. The molecule has 3 amide bonds. The van der Waals surface area contributed by atoms with Gasteiger partial charge in [-0.25, -0.2) is 4.79 Å². The fraction of sp³-hybridized carbons (Fsp3) is 0.529. The van der Waals surface area contributed by atoms with E-state index in [1.165, 1.54) is 5.56 Å². The van der Waals surface area contributed by atoms with E-state index in [0.29, 0.717) is 19.5 Å². The summed E-state index contributed by atoms with van der Waals surface area (Å²) in [5.74, 6) is 0.756. The van der Waals surface area contributed by atoms with Crippen molar-refractivity contribution in [2.45, 2.75) is 19.0 Å². The standard InChI is InChI=1S/C17H25ClN4O2S/c1-25-11-6-15(20-17(19)24)16(23)22-9-7-21(8-10-22)12-13-2-4-14(18)5-3-13/h2-5,15H,6-12H2,1H3,(H3,19,20,24). The fourth-order valence-corrected chi connectivity index (χ4v) is 3.46. The maximum Gasteiger partial charge on any atom is 0.312 e. The highest BCUT2D eigenvalue weighted by Gasteiger charge is 2.27. The molecule has 0 saturated carbocycles. The van der Waals surface area contributed by atoms with E-state index in [4.69, 9.17) is 17.3 Å². The Morgan fingerprint density at radius 1 is 1.24 bits per heavy atom. The maximum absolute atomic E-state index is 12.7. The van der Waals surface area contributed by atoms with Gasteiger partial charge in [-0.05, 0) is 36.1 Å². The molecule has 3 N–H and O–H groups in total. The van der Waals surface area contributed by atoms with Gasteiger partial charge in [0, 0.05) is 37.7 Å². The van der Waals surface area contributed by atoms with Crippen molar-refractivity contribution in [3.8, 4) is 0 Å². The van der Waals surface area contributed by atoms with Crippen LogP contribution in [0.25, 0.3) is 0 Å². The molecule has 1 fully saturated rings. The lowest BCUT2D eigenvalue weighted by Gasteiger charge is -2.36. The molecule has 0 aliphatic carbocycles. The molecule has 0 aromatic heterocycles. The molecule has 1 aliphatic rings. The van der Waals surface area contributed by atoms with Crippen LogP contribution in [0.4, 0.5) is 4.79 Å². The third-order valence-electron chi connectivity index (χ3n) is 4.23. The molecule has 138 valence electrons. The smallest absolute Gasteiger partial charge is 0.312 e. The first-order chi connectivity index (χ1) is 12.0. The molecule has 2 rings (SSSR count). The van der Waals surface area contributed by atoms with E-state index in [1.807, 2.05) is 35.4 Å². The SMILES string of the molecule is CSCCC(NC(N)=O)C(=O)N1CCN(Cc2ccc(Cl)cc2)CC1. The number of benzene rings is 1. The van der Waals surface area contributed by atoms with Crippen LogP contribution < -0.4 is 11.1 Å². The Balaban J connectivity index is 1.85. The number of carbonyl (C=O) groups is 2. The van der Waals surface area contributed by atoms with Gasteiger partial charge in [0.1, 0.15) is 6.04 Å². The third kappa shape index (κ3) is 6.41. The van der Waals surface area contributed by atoms with Crippen LogP contribution in [-0.4, -0.2) is 66.0 Å². The van der Waals surface area contributed by atoms with Gasteiger partial charge in [-0.3, -0.25) is 9.69 Å². The Kier molecular flexibility index (Phi) is 7.87. The Hall–Kier alpha value is -1.44. The van der Waals surface area contributed by atoms with E-state index in [2.05, 4.69) is 10.2 Å². The molecular weight excluding hydrogens is 360 g/mol. The minimum Gasteiger partial charge on any atom is -0.352 e. The van der Waals surface area contributed by atoms with Crippen molar-refractivity contribution >= 4 is 35.3 Å². The van der Waals surface area contributed by atoms with Crippen molar-refractivity contribution in [1.29, 1.82) is 0 Å². The number of thioether (sulfide) groups is 1. The van der Waals surface area contributed by atoms with Crippen molar-refractivity contribution < 1.29 is 9.59 Å². The zero-order valence-electron chi connectivity index (χ0n) is 14.4. The lowest BCUT2D eigenvalue weighted by Crippen LogP contribution is -2.55. The lowest BCUT2D eigenvalue weighted by atomic mass is 10.1. The highest BCUT2D eigenvalue weighted by Crippen LogP contribution is 2.14. The number of amides is 3. The molecule has 0 spiro atoms. The van der Waals surface area contributed by atoms with Crippen LogP contribution in [0.1, 0.15) is 12.0 Å². The van der Waals surface area contributed by atoms with Gasteiger partial charge in [-0.1, -0.05) is 23.7 Å². The van der Waals surface area contributed by atoms with Crippen molar-refractivity contribution in [3.05, 3.63) is 34.9 Å². The van der Waals surface area contributed by atoms with Crippen LogP contribution in [0.3, 0.4) is 0 Å². The van der Waals surface area contributed by atoms with Gasteiger partial charge in [-0.2, -0.15) is 11.8 Å². The zero-order valence-corrected chi connectivity index (χ0v) is 16.0. The number of primary amides is 1. The van der Waals surface area contributed by atoms with E-state index >= 15 is 0 Å². The van der Waals surface area contributed by atoms with Crippen LogP contribution in [0.5, 0.6) is 0 Å². The van der Waals surface area contributed by atoms with Gasteiger partial charge >= 0.3 is 6.03 Å². The van der Waals surface area contributed by atoms with Gasteiger partial charge in [-0.15, -0.1) is 0 Å². The predicted molar refractivity (Wildman–Crippen MR) is 103 cm³/mol. The fourth-order valence-electron chi connectivity index (χ4n) is 2.86. The van der Waals surface area contributed by atoms with Crippen LogP contribution in [0, 0.1) is 0 Å². The highest BCUT2D eigenvalue weighted by atomic mass is 35.5. The highest BCUT2D eigenvalue weighted by molar-refractivity contribution is 7.98. The lowest BCUT2D eigenvalue weighted by molar-refractivity contribution is -0.135. The first kappa shape index (κ1) is 19.9. The number of nitrogens with two attached hydrogens (primary N) is 1. The monoisotopic (exact) mass is 384 g/mol. The molecule has 1 saturated heterocycles. The van der Waals surface area contributed by atoms with Crippen molar-refractivity contribution in [3.63, 3.8) is 0 Å². The second kappa shape index (κ2) is 9.89. The number of piperazine rings is 1. The summed E-state index contributed by atoms with van der Waals surface area (Å²) < 4.78 is 0. The van der Waals surface area contributed by atoms with Crippen LogP contribution in [-0.2, 0) is 11.3 Å². The summed E-state index contributed by atoms with van der Waals surface area (Å²) in [6.07, 6.45) is 2.56. The molecule has 1 aliphatic heterocycles. The Morgan fingerprint density at radius 2 is 1.88 bits per heavy atom. The summed E-state index contributed by atoms with van der Waals surface area (Å²) in [4.78, 5) is 27.9. The van der Waals surface area contributed by atoms with Gasteiger partial charge in [0.25, 0.3) is 0 Å². The number of hydrogen-bond acceptors (Lipinski definition) is 4. The van der Waals surface area contributed by atoms with Crippen LogP contribution in [0.15, 0.2) is 24.3 Å². The van der Waals surface area contributed by atoms with Gasteiger partial charge in [0.2, 0.25) is 5.91 Å². The van der Waals surface area contributed by atoms with E-state index in [0.717, 1.165) is 30.4 Å². The quantitative estimate of drug-likeness (QED) is 0.751. The molecule has 0 bridgehead atoms. The second-order valence-corrected chi connectivity index (χ2v) is 7.49. The first-order valence-corrected chi connectivity index (χ1v) is 10.1. The van der Waals surface area contributed by atoms with Crippen molar-refractivity contribution in [2.75, 3.05) is 38.2 Å². The maximum atomic E-state index is 12.7. The summed E-state index contributed by atoms with van der Waals surface area (Å²) >= 11 is 7.56. The molecule has 1 unspecified atom stereocenters. The third-order valence-corrected chi connectivity index (χ3v) is 5.12. The molecule has 6 nitrogen and oxygen atoms in total. The van der Waals surface area contributed by atoms with E-state index in [9.17, 15) is 9.59 Å². The number of nitrogens with one attached hydrogen (secondary N) is 1. The van der Waals surface area contributed by atoms with Crippen LogP contribution in [0.2, 0.25) is 5.02 Å². The van der Waals surface area contributed by atoms with E-state index in [1.54, 1.807) is 11.8 Å². The first-order valence-electron chi connectivity index (χ1n) is 8.30. The molecule has 25 heavy (non-hydrogen) atoms. The largest absolute Gasteiger partial charge is 0.352 e. The number of hydrogen-bond donors (Lipinski definition) is 2. The minimum absolute atomic E-state index is 0.0426. The molecule has 1 atom stereocenters. The average molecular weight is 385 g/mol. The van der Waals surface area contributed by atoms with Gasteiger partial charge in [0.05, 0.1) is 0 Å². The number of rotatable bonds is 7. The molecule has 0 radical (unpaired) electrons. The number of carbonyl (C=O) groups excluding carboxylic acids is 2. The number of urea groups is 1. The summed E-state index contributed by atoms with van der Waals surface area (Å²) in [6.45, 7) is 3.76. The molecule has 1 aromatic carbocycles. The summed E-state index contributed by atoms with van der Waals surface area (Å²) in [5.41, 5.74) is 6.41. The number of nitrogens with zero attached hydrogens (tertiary/aromatic N) is 2. The zero-order chi connectivity index (χ0) is 18.2. The number of halogens is 1. The average Bonchev–Trinajstić information content (AvgIpc) is 2.60. The minimum atomic E-state index is -0.652. The van der Waals surface area contributed by atoms with Crippen molar-refractivity contribution in [2.24, 2.45) is 5.73 Å². The Bertz CT molecular complexity index is 577. The van der Waals surface area contributed by atoms with Crippen molar-refractivity contribution in [1.82, 2.24) is 15.1 Å². The molecular formula is C17H25ClN4O2S. The van der Waals surface area contributed by atoms with Crippen LogP contribution >= 0.6 is 23.4 Å². The molecule has 1 heterocycles.